The molecule has 1 aliphatic carbocycles. The van der Waals surface area contributed by atoms with E-state index in [1.54, 1.807) is 6.20 Å². The molecule has 1 saturated carbocycles. The minimum absolute atomic E-state index is 0.224. The van der Waals surface area contributed by atoms with Gasteiger partial charge in [0.1, 0.15) is 0 Å². The van der Waals surface area contributed by atoms with Crippen LogP contribution in [0.25, 0.3) is 0 Å². The minimum Gasteiger partial charge on any atom is -0.339 e. The van der Waals surface area contributed by atoms with Gasteiger partial charge in [0.05, 0.1) is 0 Å². The maximum absolute atomic E-state index is 10.9. The molecule has 1 saturated heterocycles. The van der Waals surface area contributed by atoms with Crippen molar-refractivity contribution in [2.75, 3.05) is 6.54 Å². The van der Waals surface area contributed by atoms with Crippen molar-refractivity contribution in [3.8, 4) is 0 Å². The summed E-state index contributed by atoms with van der Waals surface area (Å²) < 4.78 is 0. The molecule has 1 aromatic heterocycles. The smallest absolute Gasteiger partial charge is 0.210 e. The number of rotatable bonds is 2. The van der Waals surface area contributed by atoms with Gasteiger partial charge in [0.15, 0.2) is 0 Å². The van der Waals surface area contributed by atoms with E-state index >= 15 is 0 Å². The van der Waals surface area contributed by atoms with Crippen molar-refractivity contribution in [2.45, 2.75) is 30.7 Å². The molecule has 0 radical (unpaired) electrons. The van der Waals surface area contributed by atoms with Crippen molar-refractivity contribution in [1.29, 1.82) is 0 Å². The Morgan fingerprint density at radius 1 is 1.53 bits per heavy atom. The summed E-state index contributed by atoms with van der Waals surface area (Å²) in [4.78, 5) is 17.1. The van der Waals surface area contributed by atoms with Crippen LogP contribution >= 0.6 is 0 Å². The molecule has 1 spiro atoms. The van der Waals surface area contributed by atoms with E-state index in [-0.39, 0.29) is 5.54 Å². The lowest BCUT2D eigenvalue weighted by atomic mass is 9.97. The van der Waals surface area contributed by atoms with Crippen LogP contribution in [0.5, 0.6) is 0 Å². The molecule has 0 unspecified atom stereocenters. The van der Waals surface area contributed by atoms with Crippen LogP contribution in [0, 0.1) is 0 Å². The Morgan fingerprint density at radius 3 is 2.93 bits per heavy atom. The first-order valence-corrected chi connectivity index (χ1v) is 5.46. The molecule has 0 bridgehead atoms. The van der Waals surface area contributed by atoms with E-state index in [0.29, 0.717) is 5.92 Å². The molecule has 1 amide bonds. The fourth-order valence-corrected chi connectivity index (χ4v) is 2.70. The molecule has 3 rings (SSSR count). The number of carbonyl (C=O) groups is 1. The summed E-state index contributed by atoms with van der Waals surface area (Å²) in [5, 5.41) is 0. The van der Waals surface area contributed by atoms with E-state index in [2.05, 4.69) is 11.1 Å². The van der Waals surface area contributed by atoms with Crippen molar-refractivity contribution >= 4 is 6.41 Å². The monoisotopic (exact) mass is 202 g/mol. The van der Waals surface area contributed by atoms with Gasteiger partial charge in [-0.3, -0.25) is 9.78 Å². The zero-order valence-corrected chi connectivity index (χ0v) is 8.60. The summed E-state index contributed by atoms with van der Waals surface area (Å²) in [6, 6.07) is 4.08. The summed E-state index contributed by atoms with van der Waals surface area (Å²) in [5.74, 6) is 0.492. The third-order valence-corrected chi connectivity index (χ3v) is 3.76. The summed E-state index contributed by atoms with van der Waals surface area (Å²) in [6.07, 6.45) is 8.23. The molecule has 0 N–H and O–H groups in total. The summed E-state index contributed by atoms with van der Waals surface area (Å²) in [7, 11) is 0. The lowest BCUT2D eigenvalue weighted by molar-refractivity contribution is -0.119. The molecule has 78 valence electrons. The molecule has 1 aromatic rings. The maximum Gasteiger partial charge on any atom is 0.210 e. The van der Waals surface area contributed by atoms with Crippen molar-refractivity contribution < 1.29 is 4.79 Å². The SMILES string of the molecule is O=CN1C[C@@H](c2cccnc2)CC12CC2. The second-order valence-electron chi connectivity index (χ2n) is 4.67. The first-order valence-electron chi connectivity index (χ1n) is 5.46. The Labute approximate surface area is 89.1 Å². The zero-order chi connectivity index (χ0) is 10.3. The number of pyridine rings is 1. The molecular formula is C12H14N2O. The molecule has 2 heterocycles. The third-order valence-electron chi connectivity index (χ3n) is 3.76. The second kappa shape index (κ2) is 3.05. The lowest BCUT2D eigenvalue weighted by Crippen LogP contribution is -2.29. The van der Waals surface area contributed by atoms with E-state index in [0.717, 1.165) is 19.4 Å². The van der Waals surface area contributed by atoms with Crippen LogP contribution in [0.4, 0.5) is 0 Å². The van der Waals surface area contributed by atoms with Crippen LogP contribution in [0.2, 0.25) is 0 Å². The summed E-state index contributed by atoms with van der Waals surface area (Å²) in [6.45, 7) is 0.870. The maximum atomic E-state index is 10.9. The average Bonchev–Trinajstić information content (AvgIpc) is 2.94. The molecule has 2 aliphatic rings. The quantitative estimate of drug-likeness (QED) is 0.682. The van der Waals surface area contributed by atoms with Gasteiger partial charge in [0.25, 0.3) is 0 Å². The van der Waals surface area contributed by atoms with Crippen molar-refractivity contribution in [3.05, 3.63) is 30.1 Å². The van der Waals surface area contributed by atoms with Crippen LogP contribution in [0.3, 0.4) is 0 Å². The summed E-state index contributed by atoms with van der Waals surface area (Å²) >= 11 is 0. The highest BCUT2D eigenvalue weighted by atomic mass is 16.1. The largest absolute Gasteiger partial charge is 0.339 e. The highest BCUT2D eigenvalue weighted by Gasteiger charge is 2.53. The predicted octanol–water partition coefficient (Wildman–Crippen LogP) is 1.56. The van der Waals surface area contributed by atoms with E-state index < -0.39 is 0 Å². The lowest BCUT2D eigenvalue weighted by Gasteiger charge is -2.17. The van der Waals surface area contributed by atoms with Crippen LogP contribution in [0.1, 0.15) is 30.7 Å². The standard InChI is InChI=1S/C12H14N2O/c15-9-14-8-11(6-12(14)3-4-12)10-2-1-5-13-7-10/h1-2,5,7,9,11H,3-4,6,8H2/t11-/m0/s1. The normalized spacial score (nSPS) is 26.9. The van der Waals surface area contributed by atoms with Crippen LogP contribution < -0.4 is 0 Å². The van der Waals surface area contributed by atoms with Gasteiger partial charge in [-0.15, -0.1) is 0 Å². The second-order valence-corrected chi connectivity index (χ2v) is 4.67. The van der Waals surface area contributed by atoms with Gasteiger partial charge in [-0.2, -0.15) is 0 Å². The van der Waals surface area contributed by atoms with E-state index in [9.17, 15) is 4.79 Å². The van der Waals surface area contributed by atoms with Gasteiger partial charge in [-0.05, 0) is 30.9 Å². The van der Waals surface area contributed by atoms with Gasteiger partial charge in [-0.1, -0.05) is 6.07 Å². The van der Waals surface area contributed by atoms with E-state index in [1.807, 2.05) is 17.2 Å². The zero-order valence-electron chi connectivity index (χ0n) is 8.60. The molecule has 1 atom stereocenters. The molecular weight excluding hydrogens is 188 g/mol. The van der Waals surface area contributed by atoms with Gasteiger partial charge in [-0.25, -0.2) is 0 Å². The van der Waals surface area contributed by atoms with Crippen molar-refractivity contribution in [2.24, 2.45) is 0 Å². The Bertz CT molecular complexity index is 372. The number of hydrogen-bond donors (Lipinski definition) is 0. The third kappa shape index (κ3) is 1.34. The number of carbonyl (C=O) groups excluding carboxylic acids is 1. The Kier molecular flexibility index (Phi) is 1.81. The molecule has 15 heavy (non-hydrogen) atoms. The van der Waals surface area contributed by atoms with E-state index in [4.69, 9.17) is 0 Å². The van der Waals surface area contributed by atoms with Crippen molar-refractivity contribution in [1.82, 2.24) is 9.88 Å². The highest BCUT2D eigenvalue weighted by Crippen LogP contribution is 2.52. The number of aromatic nitrogens is 1. The molecule has 2 fully saturated rings. The Morgan fingerprint density at radius 2 is 2.40 bits per heavy atom. The number of hydrogen-bond acceptors (Lipinski definition) is 2. The fourth-order valence-electron chi connectivity index (χ4n) is 2.70. The van der Waals surface area contributed by atoms with Crippen LogP contribution in [-0.4, -0.2) is 28.4 Å². The number of nitrogens with zero attached hydrogens (tertiary/aromatic N) is 2. The average molecular weight is 202 g/mol. The highest BCUT2D eigenvalue weighted by molar-refractivity contribution is 5.52. The minimum atomic E-state index is 0.224. The van der Waals surface area contributed by atoms with E-state index in [1.165, 1.54) is 18.4 Å². The van der Waals surface area contributed by atoms with Crippen molar-refractivity contribution in [3.63, 3.8) is 0 Å². The molecule has 1 aliphatic heterocycles. The Hall–Kier alpha value is -1.38. The van der Waals surface area contributed by atoms with Gasteiger partial charge < -0.3 is 4.90 Å². The number of amides is 1. The molecule has 0 aromatic carbocycles. The van der Waals surface area contributed by atoms with Gasteiger partial charge in [0, 0.05) is 30.4 Å². The van der Waals surface area contributed by atoms with Gasteiger partial charge in [0.2, 0.25) is 6.41 Å². The first kappa shape index (κ1) is 8.89. The fraction of sp³-hybridized carbons (Fsp3) is 0.500. The van der Waals surface area contributed by atoms with Crippen LogP contribution in [-0.2, 0) is 4.79 Å². The Balaban J connectivity index is 1.84. The number of likely N-dealkylation sites (tertiary alicyclic amines) is 1. The molecule has 3 nitrogen and oxygen atoms in total. The predicted molar refractivity (Wildman–Crippen MR) is 56.3 cm³/mol. The summed E-state index contributed by atoms with van der Waals surface area (Å²) in [5.41, 5.74) is 1.50. The van der Waals surface area contributed by atoms with Crippen LogP contribution in [0.15, 0.2) is 24.5 Å². The first-order chi connectivity index (χ1) is 7.34. The molecule has 3 heteroatoms. The topological polar surface area (TPSA) is 33.2 Å². The van der Waals surface area contributed by atoms with Gasteiger partial charge >= 0.3 is 0 Å².